The number of aliphatic hydroxyl groups excluding tert-OH is 1. The lowest BCUT2D eigenvalue weighted by molar-refractivity contribution is -0.192. The fourth-order valence-corrected chi connectivity index (χ4v) is 4.70. The summed E-state index contributed by atoms with van der Waals surface area (Å²) >= 11 is 0. The van der Waals surface area contributed by atoms with Gasteiger partial charge in [-0.3, -0.25) is 19.4 Å². The van der Waals surface area contributed by atoms with Gasteiger partial charge in [-0.1, -0.05) is 51.1 Å². The third-order valence-electron chi connectivity index (χ3n) is 6.87. The first-order valence-corrected chi connectivity index (χ1v) is 14.5. The second kappa shape index (κ2) is 16.9. The van der Waals surface area contributed by atoms with E-state index in [9.17, 15) is 41.4 Å². The average molecular weight is 701 g/mol. The first-order chi connectivity index (χ1) is 22.7. The van der Waals surface area contributed by atoms with Crippen LogP contribution in [0.2, 0.25) is 0 Å². The monoisotopic (exact) mass is 700 g/mol. The molecule has 268 valence electrons. The molecule has 0 unspecified atom stereocenters. The van der Waals surface area contributed by atoms with Gasteiger partial charge in [-0.2, -0.15) is 13.2 Å². The first kappa shape index (κ1) is 40.2. The summed E-state index contributed by atoms with van der Waals surface area (Å²) in [7, 11) is 0. The normalized spacial score (nSPS) is 12.7. The third kappa shape index (κ3) is 11.6. The molecule has 2 atom stereocenters. The number of hydrogen-bond acceptors (Lipinski definition) is 8. The van der Waals surface area contributed by atoms with E-state index < -0.39 is 72.2 Å². The number of halogens is 5. The predicted molar refractivity (Wildman–Crippen MR) is 164 cm³/mol. The van der Waals surface area contributed by atoms with E-state index in [2.05, 4.69) is 0 Å². The molecular formula is C31H37F5N6O7. The number of alkyl halides is 3. The van der Waals surface area contributed by atoms with Crippen LogP contribution in [0.25, 0.3) is 11.3 Å². The van der Waals surface area contributed by atoms with Gasteiger partial charge in [0.25, 0.3) is 5.91 Å². The van der Waals surface area contributed by atoms with Crippen LogP contribution in [0, 0.1) is 17.0 Å². The Morgan fingerprint density at radius 1 is 1.00 bits per heavy atom. The van der Waals surface area contributed by atoms with E-state index in [1.807, 2.05) is 51.1 Å². The number of benzene rings is 2. The van der Waals surface area contributed by atoms with E-state index in [1.165, 1.54) is 4.90 Å². The quantitative estimate of drug-likeness (QED) is 0.0809. The number of hydrogen-bond donors (Lipinski definition) is 5. The van der Waals surface area contributed by atoms with Crippen LogP contribution in [0.5, 0.6) is 0 Å². The number of aliphatic carboxylic acids is 2. The molecule has 0 bridgehead atoms. The van der Waals surface area contributed by atoms with Crippen LogP contribution in [0.3, 0.4) is 0 Å². The molecule has 3 rings (SSSR count). The van der Waals surface area contributed by atoms with Gasteiger partial charge in [0, 0.05) is 24.8 Å². The number of amides is 2. The standard InChI is InChI=1S/C29H36F2N6O5.C2HF3O2/c1-29(2,3)26(36(24(39)17-38)12-11-22(32)28(42)37(33)16-25(40)41)27-34-23(20-13-19(30)9-10-21(20)31)15-35(27)14-18-7-5-4-6-8-18;3-2(4,5)1(6)7/h4-10,13,15,22,26,38H,11-12,14,16-17,32-33H2,1-3H3,(H,40,41);(H,6,7)/t22-,26-;/m0./s1. The minimum atomic E-state index is -5.08. The molecule has 0 spiro atoms. The SMILES string of the molecule is CC(C)(C)[C@H](c1nc(-c2cc(F)ccc2F)cn1Cc1ccccc1)N(CC[C@H](N)C(=O)N(N)CC(=O)O)C(=O)CO.O=C(O)C(F)(F)F. The molecule has 18 heteroatoms. The molecule has 0 fully saturated rings. The van der Waals surface area contributed by atoms with Crippen LogP contribution in [0.1, 0.15) is 44.6 Å². The zero-order chi connectivity index (χ0) is 37.3. The van der Waals surface area contributed by atoms with Gasteiger partial charge in [0.2, 0.25) is 5.91 Å². The van der Waals surface area contributed by atoms with Crippen molar-refractivity contribution in [1.29, 1.82) is 0 Å². The molecule has 2 aromatic carbocycles. The Morgan fingerprint density at radius 3 is 2.10 bits per heavy atom. The Morgan fingerprint density at radius 2 is 1.59 bits per heavy atom. The lowest BCUT2D eigenvalue weighted by Crippen LogP contribution is -2.51. The Balaban J connectivity index is 0.00000107. The van der Waals surface area contributed by atoms with Crippen molar-refractivity contribution in [2.24, 2.45) is 17.0 Å². The summed E-state index contributed by atoms with van der Waals surface area (Å²) in [6, 6.07) is 10.3. The molecule has 2 amide bonds. The average Bonchev–Trinajstić information content (AvgIpc) is 3.40. The molecule has 7 N–H and O–H groups in total. The molecule has 0 radical (unpaired) electrons. The summed E-state index contributed by atoms with van der Waals surface area (Å²) in [4.78, 5) is 51.6. The predicted octanol–water partition coefficient (Wildman–Crippen LogP) is 2.92. The number of nitrogens with zero attached hydrogens (tertiary/aromatic N) is 4. The van der Waals surface area contributed by atoms with Gasteiger partial charge in [-0.15, -0.1) is 0 Å². The number of rotatable bonds is 12. The second-order valence-corrected chi connectivity index (χ2v) is 11.8. The Kier molecular flexibility index (Phi) is 13.9. The van der Waals surface area contributed by atoms with Crippen molar-refractivity contribution in [2.75, 3.05) is 19.7 Å². The molecule has 0 aliphatic carbocycles. The summed E-state index contributed by atoms with van der Waals surface area (Å²) in [6.45, 7) is 4.08. The molecule has 0 saturated heterocycles. The number of carboxylic acids is 2. The van der Waals surface area contributed by atoms with E-state index in [-0.39, 0.29) is 30.8 Å². The molecule has 0 saturated carbocycles. The van der Waals surface area contributed by atoms with Crippen LogP contribution in [-0.2, 0) is 25.7 Å². The van der Waals surface area contributed by atoms with Gasteiger partial charge in [-0.05, 0) is 35.6 Å². The molecular weight excluding hydrogens is 663 g/mol. The number of aliphatic hydroxyl groups is 1. The summed E-state index contributed by atoms with van der Waals surface area (Å²) < 4.78 is 62.4. The number of aromatic nitrogens is 2. The Labute approximate surface area is 277 Å². The van der Waals surface area contributed by atoms with Gasteiger partial charge in [0.1, 0.15) is 30.6 Å². The van der Waals surface area contributed by atoms with Gasteiger partial charge in [-0.25, -0.2) is 24.4 Å². The minimum absolute atomic E-state index is 0.0650. The number of carboxylic acid groups (broad SMARTS) is 2. The first-order valence-electron chi connectivity index (χ1n) is 14.5. The van der Waals surface area contributed by atoms with Crippen LogP contribution >= 0.6 is 0 Å². The minimum Gasteiger partial charge on any atom is -0.480 e. The van der Waals surface area contributed by atoms with E-state index >= 15 is 0 Å². The number of carbonyl (C=O) groups is 4. The highest BCUT2D eigenvalue weighted by atomic mass is 19.4. The van der Waals surface area contributed by atoms with Gasteiger partial charge in [0.15, 0.2) is 0 Å². The summed E-state index contributed by atoms with van der Waals surface area (Å²) in [5, 5.41) is 26.4. The van der Waals surface area contributed by atoms with Crippen molar-refractivity contribution >= 4 is 23.8 Å². The summed E-state index contributed by atoms with van der Waals surface area (Å²) in [5.74, 6) is -1.06. The Bertz CT molecular complexity index is 1610. The maximum Gasteiger partial charge on any atom is 0.490 e. The molecule has 0 aliphatic heterocycles. The number of imidazole rings is 1. The summed E-state index contributed by atoms with van der Waals surface area (Å²) in [5.41, 5.74) is 6.24. The van der Waals surface area contributed by atoms with Crippen molar-refractivity contribution in [2.45, 2.75) is 52.0 Å². The number of carbonyl (C=O) groups excluding carboxylic acids is 2. The third-order valence-corrected chi connectivity index (χ3v) is 6.87. The Hall–Kier alpha value is -4.94. The highest BCUT2D eigenvalue weighted by molar-refractivity contribution is 5.84. The van der Waals surface area contributed by atoms with Crippen LogP contribution in [0.15, 0.2) is 54.7 Å². The number of hydrazine groups is 1. The molecule has 49 heavy (non-hydrogen) atoms. The fraction of sp³-hybridized carbons (Fsp3) is 0.387. The molecule has 0 aliphatic rings. The highest BCUT2D eigenvalue weighted by Gasteiger charge is 2.39. The molecule has 3 aromatic rings. The van der Waals surface area contributed by atoms with Crippen molar-refractivity contribution in [3.8, 4) is 11.3 Å². The fourth-order valence-electron chi connectivity index (χ4n) is 4.70. The molecule has 13 nitrogen and oxygen atoms in total. The van der Waals surface area contributed by atoms with Crippen LogP contribution in [-0.4, -0.2) is 90.4 Å². The van der Waals surface area contributed by atoms with E-state index in [0.29, 0.717) is 10.8 Å². The van der Waals surface area contributed by atoms with E-state index in [4.69, 9.17) is 31.6 Å². The van der Waals surface area contributed by atoms with Crippen LogP contribution < -0.4 is 11.6 Å². The van der Waals surface area contributed by atoms with Crippen molar-refractivity contribution < 1.29 is 56.4 Å². The number of nitrogens with two attached hydrogens (primary N) is 2. The van der Waals surface area contributed by atoms with Crippen molar-refractivity contribution in [1.82, 2.24) is 19.5 Å². The zero-order valence-electron chi connectivity index (χ0n) is 26.7. The largest absolute Gasteiger partial charge is 0.490 e. The second-order valence-electron chi connectivity index (χ2n) is 11.8. The lowest BCUT2D eigenvalue weighted by atomic mass is 9.84. The smallest absolute Gasteiger partial charge is 0.480 e. The lowest BCUT2D eigenvalue weighted by Gasteiger charge is -2.40. The maximum absolute atomic E-state index is 14.8. The van der Waals surface area contributed by atoms with Crippen LogP contribution in [0.4, 0.5) is 22.0 Å². The molecule has 1 heterocycles. The van der Waals surface area contributed by atoms with Crippen molar-refractivity contribution in [3.05, 3.63) is 77.8 Å². The van der Waals surface area contributed by atoms with Crippen molar-refractivity contribution in [3.63, 3.8) is 0 Å². The maximum atomic E-state index is 14.8. The highest BCUT2D eigenvalue weighted by Crippen LogP contribution is 2.39. The van der Waals surface area contributed by atoms with E-state index in [1.54, 1.807) is 10.8 Å². The molecule has 1 aromatic heterocycles. The van der Waals surface area contributed by atoms with Gasteiger partial charge in [0.05, 0.1) is 17.8 Å². The zero-order valence-corrected chi connectivity index (χ0v) is 26.7. The van der Waals surface area contributed by atoms with E-state index in [0.717, 1.165) is 23.8 Å². The topological polar surface area (TPSA) is 205 Å². The van der Waals surface area contributed by atoms with Gasteiger partial charge < -0.3 is 30.5 Å². The van der Waals surface area contributed by atoms with Gasteiger partial charge >= 0.3 is 18.1 Å². The summed E-state index contributed by atoms with van der Waals surface area (Å²) in [6.07, 6.45) is -3.62.